The molecule has 2 aromatic heterocycles. The van der Waals surface area contributed by atoms with Crippen LogP contribution in [0.3, 0.4) is 0 Å². The zero-order chi connectivity index (χ0) is 44.8. The van der Waals surface area contributed by atoms with Gasteiger partial charge in [-0.2, -0.15) is 0 Å². The maximum atomic E-state index is 6.50. The Balaban J connectivity index is 0.981. The zero-order valence-corrected chi connectivity index (χ0v) is 36.9. The smallest absolute Gasteiger partial charge is 0.136 e. The molecular weight excluding hydrogens is 827 g/mol. The number of hydrogen-bond donors (Lipinski definition) is 0. The molecule has 2 heterocycles. The SMILES string of the molecule is c1ccc(C2(c3ccccc3)c3ccccc3-c3ccc(N(c4ccc(-c5ccc6oc7ccccc7c6c5)cc4)c4ccccc4-c4ccc5oc6cc7ccccc7cc6c5c4)cc32)cc1. The van der Waals surface area contributed by atoms with Crippen molar-refractivity contribution in [2.24, 2.45) is 0 Å². The van der Waals surface area contributed by atoms with Crippen LogP contribution < -0.4 is 4.90 Å². The summed E-state index contributed by atoms with van der Waals surface area (Å²) in [6, 6.07) is 90.4. The largest absolute Gasteiger partial charge is 0.456 e. The number of fused-ring (bicyclic) bond motifs is 10. The van der Waals surface area contributed by atoms with Gasteiger partial charge in [-0.15, -0.1) is 0 Å². The minimum absolute atomic E-state index is 0.549. The third-order valence-corrected chi connectivity index (χ3v) is 14.3. The fraction of sp³-hybridized carbons (Fsp3) is 0.0154. The van der Waals surface area contributed by atoms with E-state index in [2.05, 4.69) is 241 Å². The summed E-state index contributed by atoms with van der Waals surface area (Å²) in [7, 11) is 0. The van der Waals surface area contributed by atoms with Gasteiger partial charge in [-0.1, -0.05) is 176 Å². The Morgan fingerprint density at radius 2 is 0.824 bits per heavy atom. The van der Waals surface area contributed by atoms with Crippen LogP contribution in [0.4, 0.5) is 17.1 Å². The van der Waals surface area contributed by atoms with Crippen LogP contribution in [0.15, 0.2) is 258 Å². The lowest BCUT2D eigenvalue weighted by molar-refractivity contribution is 0.669. The van der Waals surface area contributed by atoms with Gasteiger partial charge in [0.1, 0.15) is 22.3 Å². The van der Waals surface area contributed by atoms with Crippen LogP contribution >= 0.6 is 0 Å². The van der Waals surface area contributed by atoms with Gasteiger partial charge in [-0.05, 0) is 134 Å². The molecule has 0 aliphatic heterocycles. The van der Waals surface area contributed by atoms with Crippen molar-refractivity contribution >= 4 is 71.7 Å². The van der Waals surface area contributed by atoms with Crippen molar-refractivity contribution < 1.29 is 8.83 Å². The molecule has 0 fully saturated rings. The highest BCUT2D eigenvalue weighted by Gasteiger charge is 2.46. The summed E-state index contributed by atoms with van der Waals surface area (Å²) in [5.41, 5.74) is 18.2. The van der Waals surface area contributed by atoms with Crippen molar-refractivity contribution in [3.05, 3.63) is 271 Å². The topological polar surface area (TPSA) is 29.5 Å². The maximum Gasteiger partial charge on any atom is 0.136 e. The first-order valence-electron chi connectivity index (χ1n) is 23.3. The second-order valence-electron chi connectivity index (χ2n) is 18.0. The number of benzene rings is 11. The Labute approximate surface area is 393 Å². The van der Waals surface area contributed by atoms with Gasteiger partial charge in [-0.25, -0.2) is 0 Å². The minimum atomic E-state index is -0.549. The Morgan fingerprint density at radius 3 is 1.60 bits per heavy atom. The predicted molar refractivity (Wildman–Crippen MR) is 281 cm³/mol. The van der Waals surface area contributed by atoms with E-state index in [0.29, 0.717) is 0 Å². The molecule has 1 aliphatic carbocycles. The Morgan fingerprint density at radius 1 is 0.294 bits per heavy atom. The average Bonchev–Trinajstić information content (AvgIpc) is 4.06. The molecule has 0 spiro atoms. The molecule has 1 aliphatic rings. The van der Waals surface area contributed by atoms with E-state index in [1.165, 1.54) is 44.2 Å². The van der Waals surface area contributed by atoms with Gasteiger partial charge in [0.05, 0.1) is 11.1 Å². The lowest BCUT2D eigenvalue weighted by Crippen LogP contribution is -2.28. The normalized spacial score (nSPS) is 12.8. The van der Waals surface area contributed by atoms with Gasteiger partial charge in [0.25, 0.3) is 0 Å². The van der Waals surface area contributed by atoms with Crippen LogP contribution in [0.2, 0.25) is 0 Å². The molecule has 3 heteroatoms. The highest BCUT2D eigenvalue weighted by molar-refractivity contribution is 6.11. The lowest BCUT2D eigenvalue weighted by atomic mass is 9.67. The second-order valence-corrected chi connectivity index (χ2v) is 18.0. The Hall–Kier alpha value is -8.92. The van der Waals surface area contributed by atoms with Crippen LogP contribution in [0.1, 0.15) is 22.3 Å². The van der Waals surface area contributed by atoms with E-state index < -0.39 is 5.41 Å². The van der Waals surface area contributed by atoms with Crippen molar-refractivity contribution in [3.63, 3.8) is 0 Å². The standard InChI is InChI=1S/C65H41NO2/c1-3-17-47(18-4-1)65(48-19-5-2-6-20-48)58-24-12-9-22-52(58)53-34-33-50(41-59(53)65)66(49-31-27-42(28-32-49)45-29-35-62-55(38-45)54-23-11-14-26-61(54)67-62)60-25-13-10-21-51(60)46-30-36-63-56(39-46)57-37-43-15-7-8-16-44(43)40-64(57)68-63/h1-41H. The van der Waals surface area contributed by atoms with Gasteiger partial charge in [-0.3, -0.25) is 0 Å². The van der Waals surface area contributed by atoms with Crippen LogP contribution in [0, 0.1) is 0 Å². The van der Waals surface area contributed by atoms with Gasteiger partial charge in [0.15, 0.2) is 0 Å². The third-order valence-electron chi connectivity index (χ3n) is 14.3. The number of furan rings is 2. The molecule has 68 heavy (non-hydrogen) atoms. The van der Waals surface area contributed by atoms with Crippen molar-refractivity contribution in [3.8, 4) is 33.4 Å². The van der Waals surface area contributed by atoms with Crippen LogP contribution in [-0.4, -0.2) is 0 Å². The number of hydrogen-bond acceptors (Lipinski definition) is 3. The second kappa shape index (κ2) is 15.1. The lowest BCUT2D eigenvalue weighted by Gasteiger charge is -2.35. The monoisotopic (exact) mass is 867 g/mol. The van der Waals surface area contributed by atoms with Gasteiger partial charge < -0.3 is 13.7 Å². The molecule has 0 saturated carbocycles. The first-order valence-corrected chi connectivity index (χ1v) is 23.3. The van der Waals surface area contributed by atoms with Crippen LogP contribution in [0.25, 0.3) is 88.0 Å². The van der Waals surface area contributed by atoms with Crippen molar-refractivity contribution in [2.75, 3.05) is 4.90 Å². The summed E-state index contributed by atoms with van der Waals surface area (Å²) in [5, 5.41) is 6.82. The molecule has 11 aromatic carbocycles. The Bertz CT molecular complexity index is 4050. The van der Waals surface area contributed by atoms with Crippen LogP contribution in [0.5, 0.6) is 0 Å². The predicted octanol–water partition coefficient (Wildman–Crippen LogP) is 17.8. The van der Waals surface area contributed by atoms with E-state index in [-0.39, 0.29) is 0 Å². The molecular formula is C65H41NO2. The van der Waals surface area contributed by atoms with Gasteiger partial charge in [0.2, 0.25) is 0 Å². The summed E-state index contributed by atoms with van der Waals surface area (Å²) in [6.45, 7) is 0. The number of nitrogens with zero attached hydrogens (tertiary/aromatic N) is 1. The minimum Gasteiger partial charge on any atom is -0.456 e. The number of rotatable bonds is 7. The maximum absolute atomic E-state index is 6.50. The first-order chi connectivity index (χ1) is 33.7. The molecule has 0 atom stereocenters. The molecule has 0 unspecified atom stereocenters. The van der Waals surface area contributed by atoms with Crippen LogP contribution in [-0.2, 0) is 5.41 Å². The summed E-state index contributed by atoms with van der Waals surface area (Å²) < 4.78 is 12.7. The number of anilines is 3. The van der Waals surface area contributed by atoms with Gasteiger partial charge in [0, 0.05) is 38.5 Å². The van der Waals surface area contributed by atoms with Gasteiger partial charge >= 0.3 is 0 Å². The highest BCUT2D eigenvalue weighted by atomic mass is 16.3. The highest BCUT2D eigenvalue weighted by Crippen LogP contribution is 2.57. The summed E-state index contributed by atoms with van der Waals surface area (Å²) >= 11 is 0. The fourth-order valence-electron chi connectivity index (χ4n) is 11.2. The fourth-order valence-corrected chi connectivity index (χ4v) is 11.2. The number of para-hydroxylation sites is 2. The summed E-state index contributed by atoms with van der Waals surface area (Å²) in [4.78, 5) is 2.45. The summed E-state index contributed by atoms with van der Waals surface area (Å²) in [6.07, 6.45) is 0. The molecule has 0 bridgehead atoms. The molecule has 0 radical (unpaired) electrons. The van der Waals surface area contributed by atoms with E-state index >= 15 is 0 Å². The third kappa shape index (κ3) is 5.79. The average molecular weight is 868 g/mol. The molecule has 3 nitrogen and oxygen atoms in total. The van der Waals surface area contributed by atoms with E-state index in [9.17, 15) is 0 Å². The summed E-state index contributed by atoms with van der Waals surface area (Å²) in [5.74, 6) is 0. The quantitative estimate of drug-likeness (QED) is 0.160. The molecule has 0 saturated heterocycles. The van der Waals surface area contributed by atoms with E-state index in [0.717, 1.165) is 83.2 Å². The molecule has 0 amide bonds. The zero-order valence-electron chi connectivity index (χ0n) is 36.9. The molecule has 0 N–H and O–H groups in total. The molecule has 13 aromatic rings. The molecule has 14 rings (SSSR count). The first kappa shape index (κ1) is 38.4. The van der Waals surface area contributed by atoms with E-state index in [1.54, 1.807) is 0 Å². The van der Waals surface area contributed by atoms with Crippen molar-refractivity contribution in [1.29, 1.82) is 0 Å². The van der Waals surface area contributed by atoms with E-state index in [1.807, 2.05) is 12.1 Å². The molecule has 318 valence electrons. The Kier molecular flexibility index (Phi) is 8.50. The van der Waals surface area contributed by atoms with Crippen molar-refractivity contribution in [2.45, 2.75) is 5.41 Å². The van der Waals surface area contributed by atoms with E-state index in [4.69, 9.17) is 8.83 Å². The van der Waals surface area contributed by atoms with Crippen molar-refractivity contribution in [1.82, 2.24) is 0 Å².